The summed E-state index contributed by atoms with van der Waals surface area (Å²) in [6.45, 7) is 6.77. The second kappa shape index (κ2) is 11.9. The van der Waals surface area contributed by atoms with Crippen LogP contribution in [0.15, 0.2) is 42.5 Å². The first-order valence-corrected chi connectivity index (χ1v) is 13.5. The molecule has 10 heteroatoms. The van der Waals surface area contributed by atoms with Crippen molar-refractivity contribution in [1.82, 2.24) is 10.2 Å². The van der Waals surface area contributed by atoms with E-state index in [-0.39, 0.29) is 24.2 Å². The zero-order chi connectivity index (χ0) is 25.6. The fourth-order valence-electron chi connectivity index (χ4n) is 3.21. The van der Waals surface area contributed by atoms with Gasteiger partial charge >= 0.3 is 0 Å². The van der Waals surface area contributed by atoms with Crippen LogP contribution in [-0.2, 0) is 26.2 Å². The second-order valence-corrected chi connectivity index (χ2v) is 11.0. The van der Waals surface area contributed by atoms with Crippen LogP contribution in [-0.4, -0.2) is 50.0 Å². The molecule has 0 bridgehead atoms. The number of benzene rings is 2. The van der Waals surface area contributed by atoms with E-state index >= 15 is 0 Å². The van der Waals surface area contributed by atoms with E-state index in [9.17, 15) is 18.0 Å². The maximum absolute atomic E-state index is 13.5. The molecule has 0 spiro atoms. The van der Waals surface area contributed by atoms with Gasteiger partial charge in [0, 0.05) is 22.6 Å². The van der Waals surface area contributed by atoms with Crippen molar-refractivity contribution in [3.05, 3.63) is 63.6 Å². The van der Waals surface area contributed by atoms with Crippen LogP contribution in [0.4, 0.5) is 5.69 Å². The van der Waals surface area contributed by atoms with Crippen LogP contribution in [0.2, 0.25) is 10.0 Å². The summed E-state index contributed by atoms with van der Waals surface area (Å²) >= 11 is 12.5. The molecule has 2 unspecified atom stereocenters. The zero-order valence-electron chi connectivity index (χ0n) is 20.0. The largest absolute Gasteiger partial charge is 0.352 e. The minimum atomic E-state index is -3.83. The van der Waals surface area contributed by atoms with Crippen molar-refractivity contribution in [2.24, 2.45) is 0 Å². The molecular weight excluding hydrogens is 497 g/mol. The monoisotopic (exact) mass is 527 g/mol. The molecule has 34 heavy (non-hydrogen) atoms. The van der Waals surface area contributed by atoms with Crippen molar-refractivity contribution in [3.63, 3.8) is 0 Å². The van der Waals surface area contributed by atoms with Gasteiger partial charge in [-0.3, -0.25) is 13.9 Å². The van der Waals surface area contributed by atoms with E-state index in [0.29, 0.717) is 15.6 Å². The number of hydrogen-bond donors (Lipinski definition) is 1. The van der Waals surface area contributed by atoms with Crippen molar-refractivity contribution >= 4 is 50.7 Å². The quantitative estimate of drug-likeness (QED) is 0.495. The van der Waals surface area contributed by atoms with E-state index in [2.05, 4.69) is 5.32 Å². The number of carbonyl (C=O) groups excluding carboxylic acids is 2. The number of hydrogen-bond acceptors (Lipinski definition) is 4. The fraction of sp³-hybridized carbons (Fsp3) is 0.417. The molecular formula is C24H31Cl2N3O4S. The van der Waals surface area contributed by atoms with E-state index < -0.39 is 28.5 Å². The normalized spacial score (nSPS) is 13.1. The Morgan fingerprint density at radius 1 is 1.06 bits per heavy atom. The number of aryl methyl sites for hydroxylation is 1. The van der Waals surface area contributed by atoms with Gasteiger partial charge in [0.2, 0.25) is 21.8 Å². The lowest BCUT2D eigenvalue weighted by Crippen LogP contribution is -2.52. The van der Waals surface area contributed by atoms with Gasteiger partial charge in [-0.2, -0.15) is 0 Å². The van der Waals surface area contributed by atoms with Crippen molar-refractivity contribution in [2.75, 3.05) is 17.1 Å². The molecule has 1 N–H and O–H groups in total. The van der Waals surface area contributed by atoms with Gasteiger partial charge in [0.15, 0.2) is 0 Å². The van der Waals surface area contributed by atoms with E-state index in [1.54, 1.807) is 50.2 Å². The van der Waals surface area contributed by atoms with Crippen LogP contribution in [0.3, 0.4) is 0 Å². The number of nitrogens with zero attached hydrogens (tertiary/aromatic N) is 2. The standard InChI is InChI=1S/C24H31Cl2N3O4S/c1-6-17(3)27-24(31)18(4)28(14-19-9-7-8-10-21(19)25)23(30)15-29(34(5,32)33)20-12-11-16(2)22(26)13-20/h7-13,17-18H,6,14-15H2,1-5H3,(H,27,31). The maximum Gasteiger partial charge on any atom is 0.244 e. The summed E-state index contributed by atoms with van der Waals surface area (Å²) in [6.07, 6.45) is 1.75. The average Bonchev–Trinajstić information content (AvgIpc) is 2.77. The third kappa shape index (κ3) is 7.35. The lowest BCUT2D eigenvalue weighted by molar-refractivity contribution is -0.139. The third-order valence-corrected chi connectivity index (χ3v) is 7.51. The summed E-state index contributed by atoms with van der Waals surface area (Å²) in [7, 11) is -3.83. The van der Waals surface area contributed by atoms with Gasteiger partial charge in [-0.15, -0.1) is 0 Å². The van der Waals surface area contributed by atoms with Gasteiger partial charge in [0.1, 0.15) is 12.6 Å². The van der Waals surface area contributed by atoms with Crippen molar-refractivity contribution in [1.29, 1.82) is 0 Å². The molecule has 7 nitrogen and oxygen atoms in total. The Morgan fingerprint density at radius 3 is 2.26 bits per heavy atom. The molecule has 0 heterocycles. The first-order chi connectivity index (χ1) is 15.8. The number of anilines is 1. The molecule has 2 amide bonds. The van der Waals surface area contributed by atoms with Crippen molar-refractivity contribution in [2.45, 2.75) is 52.7 Å². The zero-order valence-corrected chi connectivity index (χ0v) is 22.3. The molecule has 0 aliphatic rings. The molecule has 0 saturated carbocycles. The fourth-order valence-corrected chi connectivity index (χ4v) is 4.42. The van der Waals surface area contributed by atoms with E-state index in [1.807, 2.05) is 13.8 Å². The van der Waals surface area contributed by atoms with Crippen LogP contribution in [0.1, 0.15) is 38.3 Å². The van der Waals surface area contributed by atoms with Gasteiger partial charge in [0.05, 0.1) is 11.9 Å². The topological polar surface area (TPSA) is 86.8 Å². The lowest BCUT2D eigenvalue weighted by Gasteiger charge is -2.32. The van der Waals surface area contributed by atoms with Gasteiger partial charge in [-0.1, -0.05) is 54.4 Å². The third-order valence-electron chi connectivity index (χ3n) is 5.59. The molecule has 2 aromatic rings. The van der Waals surface area contributed by atoms with Crippen LogP contribution < -0.4 is 9.62 Å². The summed E-state index contributed by atoms with van der Waals surface area (Å²) in [5.74, 6) is -0.882. The maximum atomic E-state index is 13.5. The van der Waals surface area contributed by atoms with E-state index in [0.717, 1.165) is 22.5 Å². The summed E-state index contributed by atoms with van der Waals surface area (Å²) in [4.78, 5) is 27.7. The molecule has 0 aliphatic heterocycles. The highest BCUT2D eigenvalue weighted by Crippen LogP contribution is 2.26. The molecule has 2 atom stereocenters. The van der Waals surface area contributed by atoms with Crippen LogP contribution >= 0.6 is 23.2 Å². The summed E-state index contributed by atoms with van der Waals surface area (Å²) < 4.78 is 26.2. The number of halogens is 2. The molecule has 0 radical (unpaired) electrons. The Hall–Kier alpha value is -2.29. The first kappa shape index (κ1) is 28.0. The van der Waals surface area contributed by atoms with Crippen molar-refractivity contribution in [3.8, 4) is 0 Å². The molecule has 2 aromatic carbocycles. The summed E-state index contributed by atoms with van der Waals surface area (Å²) in [6, 6.07) is 10.8. The molecule has 0 aliphatic carbocycles. The Morgan fingerprint density at radius 2 is 1.71 bits per heavy atom. The molecule has 0 aromatic heterocycles. The van der Waals surface area contributed by atoms with Gasteiger partial charge in [-0.25, -0.2) is 8.42 Å². The lowest BCUT2D eigenvalue weighted by atomic mass is 10.1. The first-order valence-electron chi connectivity index (χ1n) is 10.9. The summed E-state index contributed by atoms with van der Waals surface area (Å²) in [5.41, 5.74) is 1.69. The number of rotatable bonds is 10. The number of sulfonamides is 1. The van der Waals surface area contributed by atoms with E-state index in [1.165, 1.54) is 11.0 Å². The Kier molecular flexibility index (Phi) is 9.79. The smallest absolute Gasteiger partial charge is 0.244 e. The molecule has 2 rings (SSSR count). The molecule has 0 fully saturated rings. The minimum absolute atomic E-state index is 0.0415. The highest BCUT2D eigenvalue weighted by molar-refractivity contribution is 7.92. The highest BCUT2D eigenvalue weighted by Gasteiger charge is 2.31. The van der Waals surface area contributed by atoms with Crippen LogP contribution in [0, 0.1) is 6.92 Å². The molecule has 0 saturated heterocycles. The Bertz CT molecular complexity index is 1140. The minimum Gasteiger partial charge on any atom is -0.352 e. The summed E-state index contributed by atoms with van der Waals surface area (Å²) in [5, 5.41) is 3.71. The van der Waals surface area contributed by atoms with Crippen molar-refractivity contribution < 1.29 is 18.0 Å². The number of carbonyl (C=O) groups is 2. The van der Waals surface area contributed by atoms with Crippen LogP contribution in [0.5, 0.6) is 0 Å². The van der Waals surface area contributed by atoms with Gasteiger partial charge < -0.3 is 10.2 Å². The predicted molar refractivity (Wildman–Crippen MR) is 138 cm³/mol. The number of nitrogens with one attached hydrogen (secondary N) is 1. The van der Waals surface area contributed by atoms with E-state index in [4.69, 9.17) is 23.2 Å². The Balaban J connectivity index is 2.42. The van der Waals surface area contributed by atoms with Gasteiger partial charge in [-0.05, 0) is 56.5 Å². The average molecular weight is 529 g/mol. The second-order valence-electron chi connectivity index (χ2n) is 8.31. The Labute approximate surface area is 212 Å². The van der Waals surface area contributed by atoms with Gasteiger partial charge in [0.25, 0.3) is 0 Å². The SMILES string of the molecule is CCC(C)NC(=O)C(C)N(Cc1ccccc1Cl)C(=O)CN(c1ccc(C)c(Cl)c1)S(C)(=O)=O. The predicted octanol–water partition coefficient (Wildman–Crippen LogP) is 4.40. The van der Waals surface area contributed by atoms with Crippen LogP contribution in [0.25, 0.3) is 0 Å². The number of amides is 2. The molecule has 186 valence electrons. The highest BCUT2D eigenvalue weighted by atomic mass is 35.5.